The second-order valence-corrected chi connectivity index (χ2v) is 6.08. The van der Waals surface area contributed by atoms with E-state index in [1.807, 2.05) is 41.3 Å². The fourth-order valence-corrected chi connectivity index (χ4v) is 2.90. The SMILES string of the molecule is F[C@@H]1CCN(c2ccc(-c3cc(CNc4ccccn4)[nH]n3)cn2)C1. The van der Waals surface area contributed by atoms with Crippen LogP contribution >= 0.6 is 0 Å². The van der Waals surface area contributed by atoms with Crippen LogP contribution in [0.3, 0.4) is 0 Å². The van der Waals surface area contributed by atoms with Crippen molar-refractivity contribution in [3.63, 3.8) is 0 Å². The highest BCUT2D eigenvalue weighted by Gasteiger charge is 2.22. The predicted molar refractivity (Wildman–Crippen MR) is 95.1 cm³/mol. The Kier molecular flexibility index (Phi) is 4.28. The molecule has 7 heteroatoms. The molecule has 1 fully saturated rings. The average molecular weight is 338 g/mol. The maximum absolute atomic E-state index is 13.3. The summed E-state index contributed by atoms with van der Waals surface area (Å²) in [6.07, 6.45) is 3.36. The second kappa shape index (κ2) is 6.88. The van der Waals surface area contributed by atoms with Gasteiger partial charge >= 0.3 is 0 Å². The summed E-state index contributed by atoms with van der Waals surface area (Å²) >= 11 is 0. The van der Waals surface area contributed by atoms with Crippen molar-refractivity contribution in [2.24, 2.45) is 0 Å². The minimum absolute atomic E-state index is 0.429. The van der Waals surface area contributed by atoms with Gasteiger partial charge in [0, 0.05) is 24.5 Å². The summed E-state index contributed by atoms with van der Waals surface area (Å²) in [4.78, 5) is 10.7. The first-order valence-electron chi connectivity index (χ1n) is 8.32. The lowest BCUT2D eigenvalue weighted by Crippen LogP contribution is -2.20. The normalized spacial score (nSPS) is 17.0. The summed E-state index contributed by atoms with van der Waals surface area (Å²) in [5.41, 5.74) is 2.73. The Morgan fingerprint density at radius 1 is 1.24 bits per heavy atom. The van der Waals surface area contributed by atoms with Crippen LogP contribution in [0.4, 0.5) is 16.0 Å². The number of nitrogens with zero attached hydrogens (tertiary/aromatic N) is 4. The number of H-pyrrole nitrogens is 1. The minimum atomic E-state index is -0.748. The molecule has 0 radical (unpaired) electrons. The van der Waals surface area contributed by atoms with Crippen molar-refractivity contribution >= 4 is 11.6 Å². The minimum Gasteiger partial charge on any atom is -0.364 e. The molecule has 0 saturated carbocycles. The summed E-state index contributed by atoms with van der Waals surface area (Å²) in [7, 11) is 0. The van der Waals surface area contributed by atoms with Crippen molar-refractivity contribution in [3.05, 3.63) is 54.5 Å². The molecule has 128 valence electrons. The van der Waals surface area contributed by atoms with E-state index < -0.39 is 6.17 Å². The molecular formula is C18H19FN6. The Hall–Kier alpha value is -2.96. The molecule has 0 aliphatic carbocycles. The van der Waals surface area contributed by atoms with E-state index in [0.29, 0.717) is 19.5 Å². The van der Waals surface area contributed by atoms with Crippen LogP contribution in [0.5, 0.6) is 0 Å². The molecule has 4 heterocycles. The standard InChI is InChI=1S/C18H19FN6/c19-14-6-8-25(12-14)18-5-4-13(10-22-18)16-9-15(23-24-16)11-21-17-3-1-2-7-20-17/h1-5,7,9-10,14H,6,8,11-12H2,(H,20,21)(H,23,24)/t14-/m1/s1. The molecule has 0 spiro atoms. The van der Waals surface area contributed by atoms with Gasteiger partial charge in [0.25, 0.3) is 0 Å². The number of nitrogens with one attached hydrogen (secondary N) is 2. The number of rotatable bonds is 5. The van der Waals surface area contributed by atoms with Gasteiger partial charge in [-0.1, -0.05) is 6.07 Å². The average Bonchev–Trinajstić information content (AvgIpc) is 3.30. The number of hydrogen-bond donors (Lipinski definition) is 2. The van der Waals surface area contributed by atoms with Gasteiger partial charge in [0.05, 0.1) is 24.5 Å². The zero-order chi connectivity index (χ0) is 17.1. The van der Waals surface area contributed by atoms with Gasteiger partial charge in [-0.25, -0.2) is 14.4 Å². The van der Waals surface area contributed by atoms with Crippen LogP contribution < -0.4 is 10.2 Å². The smallest absolute Gasteiger partial charge is 0.128 e. The van der Waals surface area contributed by atoms with Crippen LogP contribution in [-0.2, 0) is 6.54 Å². The van der Waals surface area contributed by atoms with Crippen molar-refractivity contribution < 1.29 is 4.39 Å². The summed E-state index contributed by atoms with van der Waals surface area (Å²) in [6.45, 7) is 1.76. The summed E-state index contributed by atoms with van der Waals surface area (Å²) in [5, 5.41) is 10.6. The van der Waals surface area contributed by atoms with Gasteiger partial charge in [-0.15, -0.1) is 0 Å². The van der Waals surface area contributed by atoms with Gasteiger partial charge in [0.2, 0.25) is 0 Å². The zero-order valence-corrected chi connectivity index (χ0v) is 13.7. The highest BCUT2D eigenvalue weighted by atomic mass is 19.1. The van der Waals surface area contributed by atoms with Crippen LogP contribution in [0.25, 0.3) is 11.3 Å². The maximum Gasteiger partial charge on any atom is 0.128 e. The van der Waals surface area contributed by atoms with E-state index in [9.17, 15) is 4.39 Å². The number of halogens is 1. The molecule has 1 aliphatic heterocycles. The van der Waals surface area contributed by atoms with Crippen molar-refractivity contribution in [1.82, 2.24) is 20.2 Å². The molecule has 0 unspecified atom stereocenters. The van der Waals surface area contributed by atoms with Gasteiger partial charge < -0.3 is 10.2 Å². The van der Waals surface area contributed by atoms with Gasteiger partial charge in [0.1, 0.15) is 17.8 Å². The van der Waals surface area contributed by atoms with E-state index >= 15 is 0 Å². The lowest BCUT2D eigenvalue weighted by molar-refractivity contribution is 0.364. The summed E-state index contributed by atoms with van der Waals surface area (Å²) in [6, 6.07) is 11.6. The molecule has 2 N–H and O–H groups in total. The molecule has 1 atom stereocenters. The highest BCUT2D eigenvalue weighted by molar-refractivity contribution is 5.60. The zero-order valence-electron chi connectivity index (χ0n) is 13.7. The first kappa shape index (κ1) is 15.6. The van der Waals surface area contributed by atoms with Crippen LogP contribution in [0, 0.1) is 0 Å². The Labute approximate surface area is 145 Å². The molecule has 1 saturated heterocycles. The third-order valence-corrected chi connectivity index (χ3v) is 4.25. The number of aromatic amines is 1. The summed E-state index contributed by atoms with van der Waals surface area (Å²) < 4.78 is 13.3. The molecule has 4 rings (SSSR count). The maximum atomic E-state index is 13.3. The third kappa shape index (κ3) is 3.60. The quantitative estimate of drug-likeness (QED) is 0.748. The number of aromatic nitrogens is 4. The molecule has 1 aliphatic rings. The van der Waals surface area contributed by atoms with Crippen molar-refractivity contribution in [1.29, 1.82) is 0 Å². The lowest BCUT2D eigenvalue weighted by Gasteiger charge is -2.15. The van der Waals surface area contributed by atoms with Crippen molar-refractivity contribution in [2.75, 3.05) is 23.3 Å². The number of pyridine rings is 2. The van der Waals surface area contributed by atoms with E-state index in [1.54, 1.807) is 12.4 Å². The van der Waals surface area contributed by atoms with E-state index in [1.165, 1.54) is 0 Å². The Balaban J connectivity index is 1.41. The largest absolute Gasteiger partial charge is 0.364 e. The molecule has 3 aromatic heterocycles. The van der Waals surface area contributed by atoms with Crippen molar-refractivity contribution in [2.45, 2.75) is 19.1 Å². The van der Waals surface area contributed by atoms with Gasteiger partial charge in [-0.2, -0.15) is 5.10 Å². The van der Waals surface area contributed by atoms with Gasteiger partial charge in [-0.05, 0) is 36.8 Å². The van der Waals surface area contributed by atoms with Crippen LogP contribution in [0.2, 0.25) is 0 Å². The Morgan fingerprint density at radius 2 is 2.20 bits per heavy atom. The number of alkyl halides is 1. The molecule has 0 aromatic carbocycles. The second-order valence-electron chi connectivity index (χ2n) is 6.08. The molecule has 3 aromatic rings. The van der Waals surface area contributed by atoms with E-state index in [2.05, 4.69) is 25.5 Å². The fourth-order valence-electron chi connectivity index (χ4n) is 2.90. The number of anilines is 2. The van der Waals surface area contributed by atoms with Gasteiger partial charge in [-0.3, -0.25) is 5.10 Å². The molecule has 0 bridgehead atoms. The third-order valence-electron chi connectivity index (χ3n) is 4.25. The first-order chi connectivity index (χ1) is 12.3. The van der Waals surface area contributed by atoms with E-state index in [4.69, 9.17) is 0 Å². The number of hydrogen-bond acceptors (Lipinski definition) is 5. The van der Waals surface area contributed by atoms with Crippen molar-refractivity contribution in [3.8, 4) is 11.3 Å². The van der Waals surface area contributed by atoms with Gasteiger partial charge in [0.15, 0.2) is 0 Å². The molecular weight excluding hydrogens is 319 g/mol. The summed E-state index contributed by atoms with van der Waals surface area (Å²) in [5.74, 6) is 1.64. The monoisotopic (exact) mass is 338 g/mol. The molecule has 25 heavy (non-hydrogen) atoms. The Bertz CT molecular complexity index is 817. The van der Waals surface area contributed by atoms with Crippen LogP contribution in [-0.4, -0.2) is 39.4 Å². The van der Waals surface area contributed by atoms with Crippen LogP contribution in [0.15, 0.2) is 48.8 Å². The van der Waals surface area contributed by atoms with E-state index in [-0.39, 0.29) is 0 Å². The lowest BCUT2D eigenvalue weighted by atomic mass is 10.2. The molecule has 6 nitrogen and oxygen atoms in total. The molecule has 0 amide bonds. The highest BCUT2D eigenvalue weighted by Crippen LogP contribution is 2.23. The Morgan fingerprint density at radius 3 is 2.92 bits per heavy atom. The van der Waals surface area contributed by atoms with Crippen LogP contribution in [0.1, 0.15) is 12.1 Å². The fraction of sp³-hybridized carbons (Fsp3) is 0.278. The first-order valence-corrected chi connectivity index (χ1v) is 8.32. The van der Waals surface area contributed by atoms with E-state index in [0.717, 1.165) is 35.1 Å². The predicted octanol–water partition coefficient (Wildman–Crippen LogP) is 3.03. The topological polar surface area (TPSA) is 69.7 Å².